The van der Waals surface area contributed by atoms with Crippen LogP contribution in [0, 0.1) is 0 Å². The lowest BCUT2D eigenvalue weighted by Gasteiger charge is -2.27. The molecular weight excluding hydrogens is 364 g/mol. The third kappa shape index (κ3) is 3.54. The molecule has 0 bridgehead atoms. The summed E-state index contributed by atoms with van der Waals surface area (Å²) in [5, 5.41) is 1.15. The Balaban J connectivity index is 1.48. The van der Waals surface area contributed by atoms with Crippen LogP contribution in [-0.4, -0.2) is 41.9 Å². The van der Waals surface area contributed by atoms with E-state index in [1.54, 1.807) is 13.3 Å². The molecule has 4 aromatic rings. The Morgan fingerprint density at radius 2 is 2.00 bits per heavy atom. The van der Waals surface area contributed by atoms with Gasteiger partial charge in [-0.15, -0.1) is 0 Å². The van der Waals surface area contributed by atoms with Gasteiger partial charge in [0.15, 0.2) is 0 Å². The maximum absolute atomic E-state index is 5.57. The van der Waals surface area contributed by atoms with Crippen molar-refractivity contribution in [3.8, 4) is 28.1 Å². The highest BCUT2D eigenvalue weighted by Gasteiger charge is 2.14. The Kier molecular flexibility index (Phi) is 4.62. The molecular formula is C23H22N4O2. The largest absolute Gasteiger partial charge is 0.495 e. The second-order valence-electron chi connectivity index (χ2n) is 7.16. The summed E-state index contributed by atoms with van der Waals surface area (Å²) in [7, 11) is 1.65. The van der Waals surface area contributed by atoms with Crippen molar-refractivity contribution in [3.05, 3.63) is 61.1 Å². The van der Waals surface area contributed by atoms with Crippen LogP contribution in [0.1, 0.15) is 6.42 Å². The van der Waals surface area contributed by atoms with Crippen LogP contribution in [0.3, 0.4) is 0 Å². The lowest BCUT2D eigenvalue weighted by molar-refractivity contribution is 0.106. The topological polar surface area (TPSA) is 63.3 Å². The van der Waals surface area contributed by atoms with Gasteiger partial charge in [-0.1, -0.05) is 6.07 Å². The van der Waals surface area contributed by atoms with E-state index in [4.69, 9.17) is 9.47 Å². The molecule has 4 heterocycles. The average Bonchev–Trinajstić information content (AvgIpc) is 3.23. The number of benzene rings is 1. The first-order valence-corrected chi connectivity index (χ1v) is 9.71. The zero-order valence-electron chi connectivity index (χ0n) is 16.3. The predicted molar refractivity (Wildman–Crippen MR) is 114 cm³/mol. The first-order valence-electron chi connectivity index (χ1n) is 9.71. The van der Waals surface area contributed by atoms with Gasteiger partial charge in [-0.3, -0.25) is 4.98 Å². The number of H-pyrrole nitrogens is 1. The minimum Gasteiger partial charge on any atom is -0.495 e. The number of aromatic nitrogens is 3. The summed E-state index contributed by atoms with van der Waals surface area (Å²) in [4.78, 5) is 14.5. The van der Waals surface area contributed by atoms with Crippen LogP contribution in [0.15, 0.2) is 61.1 Å². The van der Waals surface area contributed by atoms with E-state index in [1.165, 1.54) is 0 Å². The molecule has 0 amide bonds. The molecule has 3 aromatic heterocycles. The molecule has 5 rings (SSSR count). The second kappa shape index (κ2) is 7.56. The van der Waals surface area contributed by atoms with Gasteiger partial charge in [0.05, 0.1) is 19.9 Å². The number of rotatable bonds is 4. The summed E-state index contributed by atoms with van der Waals surface area (Å²) >= 11 is 0. The monoisotopic (exact) mass is 386 g/mol. The number of ether oxygens (including phenoxy) is 2. The Morgan fingerprint density at radius 3 is 2.86 bits per heavy atom. The number of anilines is 1. The highest BCUT2D eigenvalue weighted by atomic mass is 16.5. The smallest absolute Gasteiger partial charge is 0.137 e. The van der Waals surface area contributed by atoms with Crippen molar-refractivity contribution >= 4 is 16.7 Å². The highest BCUT2D eigenvalue weighted by Crippen LogP contribution is 2.30. The molecule has 6 nitrogen and oxygen atoms in total. The van der Waals surface area contributed by atoms with Crippen LogP contribution in [-0.2, 0) is 4.74 Å². The molecule has 0 atom stereocenters. The van der Waals surface area contributed by atoms with Crippen molar-refractivity contribution in [2.75, 3.05) is 31.9 Å². The Morgan fingerprint density at radius 1 is 1.03 bits per heavy atom. The summed E-state index contributed by atoms with van der Waals surface area (Å²) in [6.45, 7) is 2.39. The summed E-state index contributed by atoms with van der Waals surface area (Å²) in [6, 6.07) is 14.7. The van der Waals surface area contributed by atoms with Gasteiger partial charge in [-0.25, -0.2) is 4.98 Å². The Bertz CT molecular complexity index is 1150. The molecule has 0 spiro atoms. The number of nitrogens with zero attached hydrogens (tertiary/aromatic N) is 3. The zero-order chi connectivity index (χ0) is 19.6. The lowest BCUT2D eigenvalue weighted by atomic mass is 10.1. The van der Waals surface area contributed by atoms with Gasteiger partial charge in [0, 0.05) is 46.7 Å². The molecule has 1 fully saturated rings. The standard InChI is InChI=1S/C23H22N4O2/c1-28-20-10-19(13-24-14-20)16-3-4-21-18(9-16)11-22(26-21)17-5-6-25-23(12-17)27-7-2-8-29-15-27/h3-6,9-14,26H,2,7-8,15H2,1H3. The number of hydrogen-bond donors (Lipinski definition) is 1. The first kappa shape index (κ1) is 17.7. The van der Waals surface area contributed by atoms with Gasteiger partial charge < -0.3 is 19.4 Å². The van der Waals surface area contributed by atoms with Gasteiger partial charge in [0.2, 0.25) is 0 Å². The number of methoxy groups -OCH3 is 1. The van der Waals surface area contributed by atoms with Crippen molar-refractivity contribution in [2.45, 2.75) is 6.42 Å². The fourth-order valence-electron chi connectivity index (χ4n) is 3.69. The summed E-state index contributed by atoms with van der Waals surface area (Å²) in [5.74, 6) is 1.70. The van der Waals surface area contributed by atoms with E-state index in [-0.39, 0.29) is 0 Å². The molecule has 1 aliphatic heterocycles. The second-order valence-corrected chi connectivity index (χ2v) is 7.16. The SMILES string of the molecule is COc1cncc(-c2ccc3[nH]c(-c4ccnc(N5CCCOC5)c4)cc3c2)c1. The third-order valence-electron chi connectivity index (χ3n) is 5.25. The van der Waals surface area contributed by atoms with E-state index in [0.717, 1.165) is 64.4 Å². The predicted octanol–water partition coefficient (Wildman–Crippen LogP) is 4.48. The number of fused-ring (bicyclic) bond motifs is 1. The molecule has 0 radical (unpaired) electrons. The molecule has 0 aliphatic carbocycles. The summed E-state index contributed by atoms with van der Waals surface area (Å²) < 4.78 is 10.9. The zero-order valence-corrected chi connectivity index (χ0v) is 16.3. The number of aromatic amines is 1. The molecule has 1 N–H and O–H groups in total. The molecule has 1 aliphatic rings. The van der Waals surface area contributed by atoms with Crippen LogP contribution in [0.25, 0.3) is 33.3 Å². The maximum Gasteiger partial charge on any atom is 0.137 e. The minimum atomic E-state index is 0.598. The van der Waals surface area contributed by atoms with E-state index < -0.39 is 0 Å². The first-order chi connectivity index (χ1) is 14.3. The fraction of sp³-hybridized carbons (Fsp3) is 0.217. The lowest BCUT2D eigenvalue weighted by Crippen LogP contribution is -2.33. The number of pyridine rings is 2. The normalized spacial score (nSPS) is 14.3. The molecule has 1 aromatic carbocycles. The summed E-state index contributed by atoms with van der Waals surface area (Å²) in [6.07, 6.45) is 6.45. The van der Waals surface area contributed by atoms with E-state index in [1.807, 2.05) is 24.5 Å². The van der Waals surface area contributed by atoms with Gasteiger partial charge in [0.25, 0.3) is 0 Å². The minimum absolute atomic E-state index is 0.598. The van der Waals surface area contributed by atoms with Gasteiger partial charge in [-0.05, 0) is 48.4 Å². The van der Waals surface area contributed by atoms with Gasteiger partial charge in [0.1, 0.15) is 18.3 Å². The Hall–Kier alpha value is -3.38. The van der Waals surface area contributed by atoms with E-state index in [9.17, 15) is 0 Å². The van der Waals surface area contributed by atoms with E-state index in [2.05, 4.69) is 50.2 Å². The Labute approximate surface area is 169 Å². The van der Waals surface area contributed by atoms with Crippen LogP contribution in [0.4, 0.5) is 5.82 Å². The average molecular weight is 386 g/mol. The van der Waals surface area contributed by atoms with Crippen LogP contribution in [0.5, 0.6) is 5.75 Å². The summed E-state index contributed by atoms with van der Waals surface area (Å²) in [5.41, 5.74) is 5.42. The molecule has 1 saturated heterocycles. The van der Waals surface area contributed by atoms with Crippen molar-refractivity contribution < 1.29 is 9.47 Å². The van der Waals surface area contributed by atoms with E-state index >= 15 is 0 Å². The van der Waals surface area contributed by atoms with Crippen molar-refractivity contribution in [1.29, 1.82) is 0 Å². The van der Waals surface area contributed by atoms with Crippen LogP contribution >= 0.6 is 0 Å². The molecule has 6 heteroatoms. The highest BCUT2D eigenvalue weighted by molar-refractivity contribution is 5.89. The maximum atomic E-state index is 5.57. The fourth-order valence-corrected chi connectivity index (χ4v) is 3.69. The third-order valence-corrected chi connectivity index (χ3v) is 5.25. The van der Waals surface area contributed by atoms with E-state index in [0.29, 0.717) is 6.73 Å². The molecule has 146 valence electrons. The quantitative estimate of drug-likeness (QED) is 0.560. The number of nitrogens with one attached hydrogen (secondary N) is 1. The molecule has 29 heavy (non-hydrogen) atoms. The number of hydrogen-bond acceptors (Lipinski definition) is 5. The van der Waals surface area contributed by atoms with Crippen molar-refractivity contribution in [3.63, 3.8) is 0 Å². The van der Waals surface area contributed by atoms with Gasteiger partial charge in [-0.2, -0.15) is 0 Å². The molecule has 0 unspecified atom stereocenters. The van der Waals surface area contributed by atoms with Crippen molar-refractivity contribution in [1.82, 2.24) is 15.0 Å². The molecule has 0 saturated carbocycles. The van der Waals surface area contributed by atoms with Crippen LogP contribution in [0.2, 0.25) is 0 Å². The van der Waals surface area contributed by atoms with Crippen molar-refractivity contribution in [2.24, 2.45) is 0 Å². The van der Waals surface area contributed by atoms with Crippen LogP contribution < -0.4 is 9.64 Å². The van der Waals surface area contributed by atoms with Gasteiger partial charge >= 0.3 is 0 Å².